The van der Waals surface area contributed by atoms with E-state index >= 15 is 0 Å². The Kier molecular flexibility index (Phi) is 3.68. The van der Waals surface area contributed by atoms with Crippen LogP contribution in [-0.4, -0.2) is 34.6 Å². The average molecular weight is 227 g/mol. The molecule has 0 spiro atoms. The second-order valence-electron chi connectivity index (χ2n) is 6.65. The third-order valence-corrected chi connectivity index (χ3v) is 3.94. The second kappa shape index (κ2) is 4.36. The Morgan fingerprint density at radius 2 is 2.00 bits per heavy atom. The van der Waals surface area contributed by atoms with Gasteiger partial charge in [0.05, 0.1) is 0 Å². The Morgan fingerprint density at radius 1 is 1.44 bits per heavy atom. The van der Waals surface area contributed by atoms with Crippen LogP contribution >= 0.6 is 0 Å². The van der Waals surface area contributed by atoms with E-state index in [1.165, 1.54) is 0 Å². The molecule has 16 heavy (non-hydrogen) atoms. The molecule has 1 aliphatic heterocycles. The predicted molar refractivity (Wildman–Crippen MR) is 65.5 cm³/mol. The summed E-state index contributed by atoms with van der Waals surface area (Å²) in [7, 11) is 0. The number of likely N-dealkylation sites (tertiary alicyclic amines) is 1. The molecule has 3 nitrogen and oxygen atoms in total. The van der Waals surface area contributed by atoms with Crippen LogP contribution in [0.15, 0.2) is 0 Å². The van der Waals surface area contributed by atoms with E-state index in [0.29, 0.717) is 6.42 Å². The highest BCUT2D eigenvalue weighted by Gasteiger charge is 2.39. The second-order valence-corrected chi connectivity index (χ2v) is 6.65. The molecule has 0 aromatic rings. The van der Waals surface area contributed by atoms with Gasteiger partial charge in [0.15, 0.2) is 0 Å². The molecule has 1 N–H and O–H groups in total. The molecule has 1 saturated heterocycles. The zero-order valence-corrected chi connectivity index (χ0v) is 11.2. The Bertz CT molecular complexity index is 266. The molecule has 1 rings (SSSR count). The summed E-state index contributed by atoms with van der Waals surface area (Å²) in [5, 5.41) is 8.97. The zero-order chi connectivity index (χ0) is 12.6. The van der Waals surface area contributed by atoms with Crippen LogP contribution in [-0.2, 0) is 4.79 Å². The lowest BCUT2D eigenvalue weighted by molar-refractivity contribution is -0.140. The molecule has 0 saturated carbocycles. The predicted octanol–water partition coefficient (Wildman–Crippen LogP) is 2.61. The lowest BCUT2D eigenvalue weighted by atomic mass is 9.71. The van der Waals surface area contributed by atoms with Gasteiger partial charge in [-0.3, -0.25) is 9.69 Å². The molecule has 1 atom stereocenters. The Labute approximate surface area is 98.8 Å². The largest absolute Gasteiger partial charge is 0.481 e. The number of aliphatic carboxylic acids is 1. The van der Waals surface area contributed by atoms with Gasteiger partial charge in [0.25, 0.3) is 0 Å². The van der Waals surface area contributed by atoms with Crippen LogP contribution in [0.5, 0.6) is 0 Å². The fraction of sp³-hybridized carbons (Fsp3) is 0.923. The summed E-state index contributed by atoms with van der Waals surface area (Å²) in [5.41, 5.74) is 0.299. The monoisotopic (exact) mass is 227 g/mol. The van der Waals surface area contributed by atoms with Gasteiger partial charge in [0, 0.05) is 18.5 Å². The number of nitrogens with zero attached hydrogens (tertiary/aromatic N) is 1. The van der Waals surface area contributed by atoms with Gasteiger partial charge in [-0.25, -0.2) is 0 Å². The van der Waals surface area contributed by atoms with Gasteiger partial charge < -0.3 is 5.11 Å². The van der Waals surface area contributed by atoms with Crippen LogP contribution in [0, 0.1) is 11.3 Å². The van der Waals surface area contributed by atoms with E-state index in [1.54, 1.807) is 0 Å². The van der Waals surface area contributed by atoms with E-state index in [1.807, 2.05) is 0 Å². The van der Waals surface area contributed by atoms with E-state index in [4.69, 9.17) is 5.11 Å². The molecular weight excluding hydrogens is 202 g/mol. The summed E-state index contributed by atoms with van der Waals surface area (Å²) < 4.78 is 0. The molecule has 0 aromatic heterocycles. The smallest absolute Gasteiger partial charge is 0.303 e. The Balaban J connectivity index is 2.74. The third kappa shape index (κ3) is 3.21. The molecule has 0 radical (unpaired) electrons. The van der Waals surface area contributed by atoms with E-state index in [-0.39, 0.29) is 16.9 Å². The molecule has 0 amide bonds. The SMILES string of the molecule is CC1(C)CCN(C(C)(C)C)CC1CC(=O)O. The van der Waals surface area contributed by atoms with Crippen molar-refractivity contribution in [2.24, 2.45) is 11.3 Å². The van der Waals surface area contributed by atoms with Crippen molar-refractivity contribution in [2.75, 3.05) is 13.1 Å². The highest BCUT2D eigenvalue weighted by atomic mass is 16.4. The molecule has 1 unspecified atom stereocenters. The molecule has 0 aliphatic carbocycles. The van der Waals surface area contributed by atoms with Crippen molar-refractivity contribution in [3.63, 3.8) is 0 Å². The normalized spacial score (nSPS) is 26.7. The number of carboxylic acid groups (broad SMARTS) is 1. The molecule has 1 fully saturated rings. The van der Waals surface area contributed by atoms with Crippen molar-refractivity contribution in [2.45, 2.75) is 53.0 Å². The van der Waals surface area contributed by atoms with Gasteiger partial charge in [-0.2, -0.15) is 0 Å². The van der Waals surface area contributed by atoms with E-state index < -0.39 is 5.97 Å². The first-order chi connectivity index (χ1) is 7.13. The number of piperidine rings is 1. The lowest BCUT2D eigenvalue weighted by Gasteiger charge is -2.48. The minimum absolute atomic E-state index is 0.146. The summed E-state index contributed by atoms with van der Waals surface area (Å²) in [5.74, 6) is -0.410. The van der Waals surface area contributed by atoms with Gasteiger partial charge >= 0.3 is 5.97 Å². The van der Waals surface area contributed by atoms with Gasteiger partial charge in [0.2, 0.25) is 0 Å². The summed E-state index contributed by atoms with van der Waals surface area (Å²) in [6.07, 6.45) is 1.38. The van der Waals surface area contributed by atoms with Crippen LogP contribution in [0.1, 0.15) is 47.5 Å². The van der Waals surface area contributed by atoms with Crippen LogP contribution in [0.25, 0.3) is 0 Å². The van der Waals surface area contributed by atoms with Gasteiger partial charge in [0.1, 0.15) is 0 Å². The fourth-order valence-electron chi connectivity index (χ4n) is 2.39. The summed E-state index contributed by atoms with van der Waals surface area (Å²) >= 11 is 0. The van der Waals surface area contributed by atoms with Crippen LogP contribution in [0.2, 0.25) is 0 Å². The minimum atomic E-state index is -0.672. The highest BCUT2D eigenvalue weighted by Crippen LogP contribution is 2.39. The maximum atomic E-state index is 10.9. The van der Waals surface area contributed by atoms with Crippen LogP contribution < -0.4 is 0 Å². The lowest BCUT2D eigenvalue weighted by Crippen LogP contribution is -2.52. The summed E-state index contributed by atoms with van der Waals surface area (Å²) in [4.78, 5) is 13.3. The highest BCUT2D eigenvalue weighted by molar-refractivity contribution is 5.67. The molecule has 0 aromatic carbocycles. The molecular formula is C13H25NO2. The number of carbonyl (C=O) groups is 1. The topological polar surface area (TPSA) is 40.5 Å². The van der Waals surface area contributed by atoms with E-state index in [0.717, 1.165) is 19.5 Å². The Morgan fingerprint density at radius 3 is 2.44 bits per heavy atom. The third-order valence-electron chi connectivity index (χ3n) is 3.94. The Hall–Kier alpha value is -0.570. The standard InChI is InChI=1S/C13H25NO2/c1-12(2,3)14-7-6-13(4,5)10(9-14)8-11(15)16/h10H,6-9H2,1-5H3,(H,15,16). The number of hydrogen-bond donors (Lipinski definition) is 1. The zero-order valence-electron chi connectivity index (χ0n) is 11.2. The van der Waals surface area contributed by atoms with Crippen molar-refractivity contribution >= 4 is 5.97 Å². The van der Waals surface area contributed by atoms with Crippen molar-refractivity contribution in [3.8, 4) is 0 Å². The molecule has 0 bridgehead atoms. The van der Waals surface area contributed by atoms with Crippen molar-refractivity contribution in [3.05, 3.63) is 0 Å². The fourth-order valence-corrected chi connectivity index (χ4v) is 2.39. The van der Waals surface area contributed by atoms with Gasteiger partial charge in [-0.05, 0) is 45.1 Å². The number of carboxylic acids is 1. The summed E-state index contributed by atoms with van der Waals surface area (Å²) in [6, 6.07) is 0. The molecule has 94 valence electrons. The summed E-state index contributed by atoms with van der Waals surface area (Å²) in [6.45, 7) is 13.0. The molecule has 3 heteroatoms. The van der Waals surface area contributed by atoms with Gasteiger partial charge in [-0.15, -0.1) is 0 Å². The van der Waals surface area contributed by atoms with E-state index in [9.17, 15) is 4.79 Å². The maximum Gasteiger partial charge on any atom is 0.303 e. The van der Waals surface area contributed by atoms with Gasteiger partial charge in [-0.1, -0.05) is 13.8 Å². The number of rotatable bonds is 2. The first-order valence-corrected chi connectivity index (χ1v) is 6.10. The van der Waals surface area contributed by atoms with Crippen molar-refractivity contribution in [1.29, 1.82) is 0 Å². The first kappa shape index (κ1) is 13.5. The molecule has 1 aliphatic rings. The minimum Gasteiger partial charge on any atom is -0.481 e. The van der Waals surface area contributed by atoms with Crippen LogP contribution in [0.4, 0.5) is 0 Å². The maximum absolute atomic E-state index is 10.9. The quantitative estimate of drug-likeness (QED) is 0.788. The van der Waals surface area contributed by atoms with Crippen LogP contribution in [0.3, 0.4) is 0 Å². The molecule has 1 heterocycles. The average Bonchev–Trinajstić information content (AvgIpc) is 2.05. The van der Waals surface area contributed by atoms with Crippen molar-refractivity contribution < 1.29 is 9.90 Å². The van der Waals surface area contributed by atoms with E-state index in [2.05, 4.69) is 39.5 Å². The van der Waals surface area contributed by atoms with Crippen molar-refractivity contribution in [1.82, 2.24) is 4.90 Å². The first-order valence-electron chi connectivity index (χ1n) is 6.10. The number of hydrogen-bond acceptors (Lipinski definition) is 2.